The van der Waals surface area contributed by atoms with Crippen molar-refractivity contribution in [3.05, 3.63) is 29.3 Å². The van der Waals surface area contributed by atoms with Gasteiger partial charge in [-0.3, -0.25) is 4.79 Å². The maximum absolute atomic E-state index is 11.3. The fourth-order valence-electron chi connectivity index (χ4n) is 1.71. The number of hydrogen-bond acceptors (Lipinski definition) is 5. The molecule has 104 valence electrons. The first kappa shape index (κ1) is 15.0. The molecule has 3 N–H and O–H groups in total. The number of ether oxygens (including phenoxy) is 1. The second-order valence-electron chi connectivity index (χ2n) is 3.89. The molecule has 0 saturated heterocycles. The van der Waals surface area contributed by atoms with Crippen LogP contribution >= 0.6 is 0 Å². The Morgan fingerprint density at radius 3 is 2.63 bits per heavy atom. The van der Waals surface area contributed by atoms with E-state index in [9.17, 15) is 19.8 Å². The molecular formula is C13H16O6. The molecule has 0 aliphatic heterocycles. The van der Waals surface area contributed by atoms with Crippen molar-refractivity contribution in [2.24, 2.45) is 0 Å². The monoisotopic (exact) mass is 268 g/mol. The maximum atomic E-state index is 11.3. The van der Waals surface area contributed by atoms with Crippen molar-refractivity contribution in [2.45, 2.75) is 25.9 Å². The van der Waals surface area contributed by atoms with Crippen LogP contribution in [0.15, 0.2) is 18.2 Å². The van der Waals surface area contributed by atoms with Crippen LogP contribution in [0.25, 0.3) is 0 Å². The summed E-state index contributed by atoms with van der Waals surface area (Å²) in [5.74, 6) is -2.01. The predicted octanol–water partition coefficient (Wildman–Crippen LogP) is 1.01. The van der Waals surface area contributed by atoms with Crippen molar-refractivity contribution in [1.82, 2.24) is 0 Å². The first-order valence-electron chi connectivity index (χ1n) is 5.84. The van der Waals surface area contributed by atoms with Crippen molar-refractivity contribution in [3.63, 3.8) is 0 Å². The van der Waals surface area contributed by atoms with Crippen LogP contribution in [-0.2, 0) is 20.7 Å². The third-order valence-electron chi connectivity index (χ3n) is 2.60. The minimum absolute atomic E-state index is 0.00471. The minimum atomic E-state index is -1.73. The van der Waals surface area contributed by atoms with Crippen LogP contribution in [-0.4, -0.2) is 33.9 Å². The number of carbonyl (C=O) groups excluding carboxylic acids is 1. The number of carboxylic acid groups (broad SMARTS) is 1. The van der Waals surface area contributed by atoms with Crippen LogP contribution in [0.3, 0.4) is 0 Å². The summed E-state index contributed by atoms with van der Waals surface area (Å²) in [6, 6.07) is 4.21. The first-order valence-corrected chi connectivity index (χ1v) is 5.84. The van der Waals surface area contributed by atoms with E-state index in [0.29, 0.717) is 0 Å². The standard InChI is InChI=1S/C13H16O6/c1-2-19-11(15)7-6-8-9(12(16)13(17)18)4-3-5-10(8)14/h3-5,12,14,16H,2,6-7H2,1H3,(H,17,18). The summed E-state index contributed by atoms with van der Waals surface area (Å²) < 4.78 is 4.75. The van der Waals surface area contributed by atoms with Crippen LogP contribution in [0.2, 0.25) is 0 Å². The number of phenols is 1. The number of aliphatic hydroxyl groups excluding tert-OH is 1. The van der Waals surface area contributed by atoms with Crippen LogP contribution in [0.1, 0.15) is 30.6 Å². The fourth-order valence-corrected chi connectivity index (χ4v) is 1.71. The van der Waals surface area contributed by atoms with Gasteiger partial charge in [-0.2, -0.15) is 0 Å². The molecule has 0 aliphatic rings. The number of phenolic OH excluding ortho intramolecular Hbond substituents is 1. The second kappa shape index (κ2) is 6.75. The SMILES string of the molecule is CCOC(=O)CCc1c(O)cccc1C(O)C(=O)O. The molecule has 1 aromatic rings. The van der Waals surface area contributed by atoms with Crippen LogP contribution < -0.4 is 0 Å². The Kier molecular flexibility index (Phi) is 5.32. The average molecular weight is 268 g/mol. The van der Waals surface area contributed by atoms with Gasteiger partial charge in [0.15, 0.2) is 6.10 Å². The molecule has 0 aromatic heterocycles. The Hall–Kier alpha value is -2.08. The summed E-state index contributed by atoms with van der Waals surface area (Å²) in [5, 5.41) is 28.0. The van der Waals surface area contributed by atoms with Gasteiger partial charge in [-0.15, -0.1) is 0 Å². The smallest absolute Gasteiger partial charge is 0.337 e. The van der Waals surface area contributed by atoms with Gasteiger partial charge in [0.2, 0.25) is 0 Å². The molecular weight excluding hydrogens is 252 g/mol. The molecule has 0 aliphatic carbocycles. The highest BCUT2D eigenvalue weighted by Gasteiger charge is 2.21. The molecule has 0 saturated carbocycles. The summed E-state index contributed by atoms with van der Waals surface area (Å²) >= 11 is 0. The fraction of sp³-hybridized carbons (Fsp3) is 0.385. The van der Waals surface area contributed by atoms with Gasteiger partial charge in [-0.1, -0.05) is 12.1 Å². The zero-order valence-electron chi connectivity index (χ0n) is 10.5. The highest BCUT2D eigenvalue weighted by atomic mass is 16.5. The molecule has 19 heavy (non-hydrogen) atoms. The molecule has 0 radical (unpaired) electrons. The Morgan fingerprint density at radius 1 is 1.37 bits per heavy atom. The molecule has 0 fully saturated rings. The maximum Gasteiger partial charge on any atom is 0.337 e. The predicted molar refractivity (Wildman–Crippen MR) is 65.7 cm³/mol. The number of benzene rings is 1. The van der Waals surface area contributed by atoms with Gasteiger partial charge in [0.05, 0.1) is 6.61 Å². The van der Waals surface area contributed by atoms with Crippen molar-refractivity contribution in [2.75, 3.05) is 6.61 Å². The largest absolute Gasteiger partial charge is 0.508 e. The quantitative estimate of drug-likeness (QED) is 0.665. The molecule has 1 rings (SSSR count). The molecule has 0 bridgehead atoms. The van der Waals surface area contributed by atoms with E-state index >= 15 is 0 Å². The molecule has 0 heterocycles. The normalized spacial score (nSPS) is 11.9. The van der Waals surface area contributed by atoms with E-state index in [2.05, 4.69) is 0 Å². The Labute approximate surface area is 110 Å². The van der Waals surface area contributed by atoms with E-state index in [0.717, 1.165) is 0 Å². The molecule has 1 aromatic carbocycles. The number of aliphatic hydroxyl groups is 1. The number of carboxylic acids is 1. The van der Waals surface area contributed by atoms with Crippen molar-refractivity contribution < 1.29 is 29.6 Å². The van der Waals surface area contributed by atoms with E-state index in [4.69, 9.17) is 9.84 Å². The summed E-state index contributed by atoms with van der Waals surface area (Å²) in [5.41, 5.74) is 0.322. The van der Waals surface area contributed by atoms with E-state index in [1.807, 2.05) is 0 Å². The number of aromatic hydroxyl groups is 1. The number of aliphatic carboxylic acids is 1. The third-order valence-corrected chi connectivity index (χ3v) is 2.60. The summed E-state index contributed by atoms with van der Waals surface area (Å²) in [6.07, 6.45) is -1.63. The number of hydrogen-bond donors (Lipinski definition) is 3. The third kappa shape index (κ3) is 3.96. The van der Waals surface area contributed by atoms with E-state index in [1.165, 1.54) is 18.2 Å². The van der Waals surface area contributed by atoms with E-state index in [-0.39, 0.29) is 36.3 Å². The lowest BCUT2D eigenvalue weighted by molar-refractivity contribution is -0.147. The van der Waals surface area contributed by atoms with Gasteiger partial charge in [-0.25, -0.2) is 4.79 Å². The molecule has 6 nitrogen and oxygen atoms in total. The van der Waals surface area contributed by atoms with Gasteiger partial charge < -0.3 is 20.1 Å². The highest BCUT2D eigenvalue weighted by Crippen LogP contribution is 2.27. The van der Waals surface area contributed by atoms with Gasteiger partial charge in [0.1, 0.15) is 5.75 Å². The zero-order chi connectivity index (χ0) is 14.4. The van der Waals surface area contributed by atoms with E-state index < -0.39 is 18.0 Å². The van der Waals surface area contributed by atoms with Crippen LogP contribution in [0.4, 0.5) is 0 Å². The average Bonchev–Trinajstić information content (AvgIpc) is 2.36. The Bertz CT molecular complexity index is 468. The molecule has 1 unspecified atom stereocenters. The molecule has 0 spiro atoms. The van der Waals surface area contributed by atoms with Gasteiger partial charge >= 0.3 is 11.9 Å². The zero-order valence-corrected chi connectivity index (χ0v) is 10.5. The van der Waals surface area contributed by atoms with Crippen molar-refractivity contribution in [1.29, 1.82) is 0 Å². The van der Waals surface area contributed by atoms with Crippen molar-refractivity contribution >= 4 is 11.9 Å². The second-order valence-corrected chi connectivity index (χ2v) is 3.89. The summed E-state index contributed by atoms with van der Waals surface area (Å²) in [7, 11) is 0. The summed E-state index contributed by atoms with van der Waals surface area (Å²) in [4.78, 5) is 22.0. The van der Waals surface area contributed by atoms with Crippen LogP contribution in [0, 0.1) is 0 Å². The minimum Gasteiger partial charge on any atom is -0.508 e. The first-order chi connectivity index (χ1) is 8.97. The number of esters is 1. The van der Waals surface area contributed by atoms with Gasteiger partial charge in [0, 0.05) is 12.0 Å². The van der Waals surface area contributed by atoms with Crippen molar-refractivity contribution in [3.8, 4) is 5.75 Å². The Morgan fingerprint density at radius 2 is 2.05 bits per heavy atom. The van der Waals surface area contributed by atoms with Crippen LogP contribution in [0.5, 0.6) is 5.75 Å². The molecule has 0 amide bonds. The molecule has 1 atom stereocenters. The molecule has 6 heteroatoms. The van der Waals surface area contributed by atoms with E-state index in [1.54, 1.807) is 6.92 Å². The lowest BCUT2D eigenvalue weighted by Crippen LogP contribution is -2.14. The lowest BCUT2D eigenvalue weighted by Gasteiger charge is -2.13. The summed E-state index contributed by atoms with van der Waals surface area (Å²) in [6.45, 7) is 1.93. The van der Waals surface area contributed by atoms with Gasteiger partial charge in [-0.05, 0) is 25.0 Å². The number of carbonyl (C=O) groups is 2. The Balaban J connectivity index is 2.92. The topological polar surface area (TPSA) is 104 Å². The van der Waals surface area contributed by atoms with Gasteiger partial charge in [0.25, 0.3) is 0 Å². The number of rotatable bonds is 6. The highest BCUT2D eigenvalue weighted by molar-refractivity contribution is 5.75. The lowest BCUT2D eigenvalue weighted by atomic mass is 9.97.